The summed E-state index contributed by atoms with van der Waals surface area (Å²) in [5.74, 6) is 0.806. The Morgan fingerprint density at radius 2 is 2.27 bits per heavy atom. The number of ether oxygens (including phenoxy) is 1. The maximum absolute atomic E-state index is 7.27. The zero-order valence-electron chi connectivity index (χ0n) is 9.08. The van der Waals surface area contributed by atoms with Crippen LogP contribution < -0.4 is 10.5 Å². The van der Waals surface area contributed by atoms with E-state index in [9.17, 15) is 0 Å². The fraction of sp³-hybridized carbons (Fsp3) is 0.250. The monoisotopic (exact) mass is 204 g/mol. The van der Waals surface area contributed by atoms with Crippen LogP contribution in [0.15, 0.2) is 24.4 Å². The summed E-state index contributed by atoms with van der Waals surface area (Å²) in [6, 6.07) is 5.87. The Balaban J connectivity index is 3.34. The predicted molar refractivity (Wildman–Crippen MR) is 63.3 cm³/mol. The molecular formula is C12H16N2O. The Hall–Kier alpha value is -1.77. The van der Waals surface area contributed by atoms with E-state index >= 15 is 0 Å². The molecule has 3 N–H and O–H groups in total. The number of hydrogen-bond donors (Lipinski definition) is 2. The number of allylic oxidation sites excluding steroid dienone is 1. The Morgan fingerprint density at radius 1 is 1.53 bits per heavy atom. The average molecular weight is 204 g/mol. The van der Waals surface area contributed by atoms with Crippen molar-refractivity contribution in [1.29, 1.82) is 5.41 Å². The second kappa shape index (κ2) is 5.20. The third-order valence-electron chi connectivity index (χ3n) is 2.33. The van der Waals surface area contributed by atoms with Crippen LogP contribution in [0.1, 0.15) is 18.1 Å². The summed E-state index contributed by atoms with van der Waals surface area (Å²) in [4.78, 5) is 0. The number of nitrogens with one attached hydrogen (secondary N) is 1. The lowest BCUT2D eigenvalue weighted by Crippen LogP contribution is -1.98. The van der Waals surface area contributed by atoms with E-state index in [-0.39, 0.29) is 0 Å². The van der Waals surface area contributed by atoms with E-state index in [2.05, 4.69) is 6.92 Å². The molecule has 0 aromatic heterocycles. The van der Waals surface area contributed by atoms with Crippen molar-refractivity contribution in [3.8, 4) is 5.75 Å². The van der Waals surface area contributed by atoms with Crippen molar-refractivity contribution in [2.75, 3.05) is 7.11 Å². The summed E-state index contributed by atoms with van der Waals surface area (Å²) in [5, 5.41) is 7.27. The van der Waals surface area contributed by atoms with E-state index in [1.165, 1.54) is 12.4 Å². The Morgan fingerprint density at radius 3 is 2.73 bits per heavy atom. The van der Waals surface area contributed by atoms with Crippen molar-refractivity contribution in [1.82, 2.24) is 0 Å². The summed E-state index contributed by atoms with van der Waals surface area (Å²) < 4.78 is 5.35. The first-order valence-corrected chi connectivity index (χ1v) is 4.87. The minimum Gasteiger partial charge on any atom is -0.496 e. The molecule has 0 radical (unpaired) electrons. The quantitative estimate of drug-likeness (QED) is 0.739. The lowest BCUT2D eigenvalue weighted by Gasteiger charge is -2.12. The molecule has 0 amide bonds. The summed E-state index contributed by atoms with van der Waals surface area (Å²) in [5.41, 5.74) is 8.12. The largest absolute Gasteiger partial charge is 0.496 e. The molecule has 0 aliphatic carbocycles. The first-order chi connectivity index (χ1) is 7.28. The van der Waals surface area contributed by atoms with E-state index in [1.807, 2.05) is 18.2 Å². The number of aryl methyl sites for hydroxylation is 1. The zero-order valence-corrected chi connectivity index (χ0v) is 9.08. The molecule has 0 saturated heterocycles. The van der Waals surface area contributed by atoms with Crippen molar-refractivity contribution in [3.63, 3.8) is 0 Å². The van der Waals surface area contributed by atoms with E-state index in [0.29, 0.717) is 5.57 Å². The zero-order chi connectivity index (χ0) is 11.3. The van der Waals surface area contributed by atoms with Crippen LogP contribution in [0, 0.1) is 5.41 Å². The first-order valence-electron chi connectivity index (χ1n) is 4.87. The number of rotatable bonds is 4. The number of benzene rings is 1. The molecule has 1 aromatic carbocycles. The lowest BCUT2D eigenvalue weighted by atomic mass is 10.0. The van der Waals surface area contributed by atoms with Crippen LogP contribution in [-0.4, -0.2) is 13.3 Å². The van der Waals surface area contributed by atoms with Crippen molar-refractivity contribution < 1.29 is 4.74 Å². The second-order valence-corrected chi connectivity index (χ2v) is 3.12. The molecule has 0 aliphatic heterocycles. The van der Waals surface area contributed by atoms with Crippen LogP contribution in [0.2, 0.25) is 0 Å². The van der Waals surface area contributed by atoms with Crippen molar-refractivity contribution >= 4 is 11.8 Å². The fourth-order valence-electron chi connectivity index (χ4n) is 1.55. The highest BCUT2D eigenvalue weighted by molar-refractivity contribution is 6.09. The van der Waals surface area contributed by atoms with Crippen LogP contribution in [0.3, 0.4) is 0 Å². The van der Waals surface area contributed by atoms with Gasteiger partial charge in [0.1, 0.15) is 5.75 Å². The van der Waals surface area contributed by atoms with Crippen LogP contribution in [0.5, 0.6) is 5.75 Å². The molecule has 1 rings (SSSR count). The van der Waals surface area contributed by atoms with Crippen LogP contribution in [0.4, 0.5) is 0 Å². The van der Waals surface area contributed by atoms with Crippen LogP contribution in [-0.2, 0) is 6.42 Å². The molecule has 0 spiro atoms. The molecule has 0 fully saturated rings. The molecule has 0 unspecified atom stereocenters. The van der Waals surface area contributed by atoms with Crippen molar-refractivity contribution in [2.24, 2.45) is 5.73 Å². The number of methoxy groups -OCH3 is 1. The molecule has 0 atom stereocenters. The first kappa shape index (κ1) is 11.3. The van der Waals surface area contributed by atoms with Gasteiger partial charge in [-0.15, -0.1) is 0 Å². The minimum absolute atomic E-state index is 0.669. The Bertz CT molecular complexity index is 383. The molecular weight excluding hydrogens is 188 g/mol. The molecule has 0 saturated carbocycles. The van der Waals surface area contributed by atoms with Gasteiger partial charge >= 0.3 is 0 Å². The number of nitrogens with two attached hydrogens (primary N) is 1. The highest BCUT2D eigenvalue weighted by Crippen LogP contribution is 2.28. The number of para-hydroxylation sites is 1. The van der Waals surface area contributed by atoms with E-state index in [0.717, 1.165) is 23.3 Å². The van der Waals surface area contributed by atoms with Gasteiger partial charge in [0.15, 0.2) is 0 Å². The third-order valence-corrected chi connectivity index (χ3v) is 2.33. The van der Waals surface area contributed by atoms with E-state index in [1.54, 1.807) is 7.11 Å². The van der Waals surface area contributed by atoms with Gasteiger partial charge in [-0.3, -0.25) is 0 Å². The molecule has 3 heteroatoms. The Kier molecular flexibility index (Phi) is 3.92. The van der Waals surface area contributed by atoms with Gasteiger partial charge in [0, 0.05) is 23.6 Å². The van der Waals surface area contributed by atoms with Crippen LogP contribution >= 0.6 is 0 Å². The maximum atomic E-state index is 7.27. The summed E-state index contributed by atoms with van der Waals surface area (Å²) in [6.45, 7) is 2.07. The van der Waals surface area contributed by atoms with Gasteiger partial charge in [-0.25, -0.2) is 0 Å². The topological polar surface area (TPSA) is 59.1 Å². The average Bonchev–Trinajstić information content (AvgIpc) is 2.30. The molecule has 1 aromatic rings. The van der Waals surface area contributed by atoms with Gasteiger partial charge in [-0.05, 0) is 12.0 Å². The van der Waals surface area contributed by atoms with Gasteiger partial charge < -0.3 is 15.9 Å². The minimum atomic E-state index is 0.669. The summed E-state index contributed by atoms with van der Waals surface area (Å²) in [7, 11) is 1.63. The van der Waals surface area contributed by atoms with Gasteiger partial charge in [-0.1, -0.05) is 25.1 Å². The highest BCUT2D eigenvalue weighted by atomic mass is 16.5. The molecule has 15 heavy (non-hydrogen) atoms. The molecule has 0 bridgehead atoms. The normalized spacial score (nSPS) is 11.2. The second-order valence-electron chi connectivity index (χ2n) is 3.12. The third kappa shape index (κ3) is 2.18. The summed E-state index contributed by atoms with van der Waals surface area (Å²) >= 11 is 0. The highest BCUT2D eigenvalue weighted by Gasteiger charge is 2.09. The van der Waals surface area contributed by atoms with Crippen molar-refractivity contribution in [2.45, 2.75) is 13.3 Å². The van der Waals surface area contributed by atoms with Gasteiger partial charge in [0.25, 0.3) is 0 Å². The van der Waals surface area contributed by atoms with E-state index < -0.39 is 0 Å². The van der Waals surface area contributed by atoms with Gasteiger partial charge in [0.05, 0.1) is 7.11 Å². The van der Waals surface area contributed by atoms with Gasteiger partial charge in [0.2, 0.25) is 0 Å². The smallest absolute Gasteiger partial charge is 0.129 e. The number of hydrogen-bond acceptors (Lipinski definition) is 3. The standard InChI is InChI=1S/C12H16N2O/c1-3-9-5-4-6-11(12(9)15-2)10(7-13)8-14/h4-8,13H,3,14H2,1-2H3/b10-8+,13-7?. The van der Waals surface area contributed by atoms with Crippen LogP contribution in [0.25, 0.3) is 5.57 Å². The SMILES string of the molecule is CCc1cccc(/C(C=N)=C/N)c1OC. The Labute approximate surface area is 90.1 Å². The van der Waals surface area contributed by atoms with E-state index in [4.69, 9.17) is 15.9 Å². The molecule has 0 heterocycles. The van der Waals surface area contributed by atoms with Crippen molar-refractivity contribution in [3.05, 3.63) is 35.5 Å². The maximum Gasteiger partial charge on any atom is 0.129 e. The summed E-state index contributed by atoms with van der Waals surface area (Å²) in [6.07, 6.45) is 3.55. The lowest BCUT2D eigenvalue weighted by molar-refractivity contribution is 0.409. The molecule has 0 aliphatic rings. The molecule has 80 valence electrons. The predicted octanol–water partition coefficient (Wildman–Crippen LogP) is 2.21. The molecule has 3 nitrogen and oxygen atoms in total. The fourth-order valence-corrected chi connectivity index (χ4v) is 1.55. The van der Waals surface area contributed by atoms with Gasteiger partial charge in [-0.2, -0.15) is 0 Å².